The Balaban J connectivity index is 1.67. The monoisotopic (exact) mass is 528 g/mol. The topological polar surface area (TPSA) is 99.3 Å². The molecule has 1 N–H and O–H groups in total. The zero-order chi connectivity index (χ0) is 27.7. The van der Waals surface area contributed by atoms with E-state index in [1.165, 1.54) is 5.56 Å². The molecule has 204 valence electrons. The highest BCUT2D eigenvalue weighted by molar-refractivity contribution is 5.70. The van der Waals surface area contributed by atoms with E-state index in [1.807, 2.05) is 36.6 Å². The van der Waals surface area contributed by atoms with E-state index in [-0.39, 0.29) is 5.69 Å². The van der Waals surface area contributed by atoms with Crippen LogP contribution in [-0.2, 0) is 25.9 Å². The van der Waals surface area contributed by atoms with Crippen molar-refractivity contribution in [1.82, 2.24) is 24.3 Å². The lowest BCUT2D eigenvalue weighted by atomic mass is 9.97. The van der Waals surface area contributed by atoms with Crippen LogP contribution in [0.15, 0.2) is 40.1 Å². The van der Waals surface area contributed by atoms with E-state index < -0.39 is 0 Å². The lowest BCUT2D eigenvalue weighted by molar-refractivity contribution is 0.310. The molecule has 0 bridgehead atoms. The first kappa shape index (κ1) is 26.5. The Morgan fingerprint density at radius 3 is 2.49 bits per heavy atom. The van der Waals surface area contributed by atoms with E-state index >= 15 is 0 Å². The van der Waals surface area contributed by atoms with E-state index in [0.29, 0.717) is 43.8 Å². The highest BCUT2D eigenvalue weighted by Gasteiger charge is 2.22. The van der Waals surface area contributed by atoms with E-state index in [0.717, 1.165) is 57.5 Å². The second-order valence-electron chi connectivity index (χ2n) is 10.1. The van der Waals surface area contributed by atoms with Crippen LogP contribution < -0.4 is 20.7 Å². The lowest BCUT2D eigenvalue weighted by Crippen LogP contribution is -2.42. The molecular formula is C30H36N6O3. The summed E-state index contributed by atoms with van der Waals surface area (Å²) in [6.45, 7) is 11.7. The summed E-state index contributed by atoms with van der Waals surface area (Å²) >= 11 is 0. The molecule has 1 aliphatic heterocycles. The van der Waals surface area contributed by atoms with Crippen LogP contribution in [0.1, 0.15) is 47.2 Å². The highest BCUT2D eigenvalue weighted by Crippen LogP contribution is 2.37. The predicted molar refractivity (Wildman–Crippen MR) is 151 cm³/mol. The number of nitrogens with one attached hydrogen (secondary N) is 1. The number of H-pyrrole nitrogens is 1. The van der Waals surface area contributed by atoms with E-state index in [4.69, 9.17) is 14.5 Å². The van der Waals surface area contributed by atoms with Gasteiger partial charge in [-0.15, -0.1) is 0 Å². The molecule has 5 rings (SSSR count). The zero-order valence-corrected chi connectivity index (χ0v) is 23.6. The number of rotatable bonds is 8. The third-order valence-corrected chi connectivity index (χ3v) is 7.15. The number of aryl methyl sites for hydroxylation is 6. The molecule has 1 aliphatic rings. The summed E-state index contributed by atoms with van der Waals surface area (Å²) in [5, 5.41) is 7.14. The Labute approximate surface area is 228 Å². The number of aromatic nitrogens is 5. The molecule has 4 aromatic rings. The predicted octanol–water partition coefficient (Wildman–Crippen LogP) is 4.50. The van der Waals surface area contributed by atoms with Gasteiger partial charge in [0, 0.05) is 31.1 Å². The third-order valence-electron chi connectivity index (χ3n) is 7.15. The van der Waals surface area contributed by atoms with Crippen LogP contribution in [0.4, 0.5) is 5.69 Å². The van der Waals surface area contributed by atoms with Crippen molar-refractivity contribution < 1.29 is 9.47 Å². The number of aromatic amines is 1. The molecule has 0 spiro atoms. The van der Waals surface area contributed by atoms with Crippen LogP contribution in [0, 0.1) is 27.7 Å². The zero-order valence-electron chi connectivity index (χ0n) is 23.6. The second-order valence-corrected chi connectivity index (χ2v) is 10.1. The van der Waals surface area contributed by atoms with Gasteiger partial charge < -0.3 is 9.47 Å². The van der Waals surface area contributed by atoms with Crippen molar-refractivity contribution in [2.75, 3.05) is 13.7 Å². The summed E-state index contributed by atoms with van der Waals surface area (Å²) < 4.78 is 15.1. The van der Waals surface area contributed by atoms with E-state index in [1.54, 1.807) is 11.7 Å². The van der Waals surface area contributed by atoms with Gasteiger partial charge in [-0.05, 0) is 76.3 Å². The van der Waals surface area contributed by atoms with Crippen molar-refractivity contribution in [1.29, 1.82) is 0 Å². The fourth-order valence-electron chi connectivity index (χ4n) is 5.43. The Bertz CT molecular complexity index is 1640. The van der Waals surface area contributed by atoms with Crippen molar-refractivity contribution in [2.45, 2.75) is 67.0 Å². The summed E-state index contributed by atoms with van der Waals surface area (Å²) in [6, 6.07) is 10.3. The minimum atomic E-state index is -0.0710. The van der Waals surface area contributed by atoms with Crippen LogP contribution in [-0.4, -0.2) is 38.0 Å². The Morgan fingerprint density at radius 2 is 1.82 bits per heavy atom. The smallest absolute Gasteiger partial charge is 0.330 e. The largest absolute Gasteiger partial charge is 0.493 e. The molecule has 0 amide bonds. The molecule has 3 heterocycles. The Morgan fingerprint density at radius 1 is 1.05 bits per heavy atom. The van der Waals surface area contributed by atoms with Gasteiger partial charge in [0.25, 0.3) is 0 Å². The first-order chi connectivity index (χ1) is 18.8. The number of hydrogen-bond acceptors (Lipinski definition) is 6. The quantitative estimate of drug-likeness (QED) is 0.363. The summed E-state index contributed by atoms with van der Waals surface area (Å²) in [4.78, 5) is 23.5. The molecule has 2 aromatic carbocycles. The SMILES string of the molecule is CCOc1cc2c(cc1OC)-c1cc(=Nc3c(C)cc(C)cc3C)n(CCCc3n[nH]c(C)n3)c(=O)n1CC2. The van der Waals surface area contributed by atoms with Crippen molar-refractivity contribution in [3.8, 4) is 22.8 Å². The lowest BCUT2D eigenvalue weighted by Gasteiger charge is -2.25. The van der Waals surface area contributed by atoms with Crippen LogP contribution in [0.3, 0.4) is 0 Å². The van der Waals surface area contributed by atoms with Gasteiger partial charge in [0.05, 0.1) is 25.1 Å². The number of fused-ring (bicyclic) bond motifs is 3. The fourth-order valence-corrected chi connectivity index (χ4v) is 5.43. The molecule has 39 heavy (non-hydrogen) atoms. The van der Waals surface area contributed by atoms with Gasteiger partial charge in [0.2, 0.25) is 0 Å². The molecule has 0 saturated carbocycles. The number of nitrogens with zero attached hydrogens (tertiary/aromatic N) is 5. The standard InChI is InChI=1S/C30H36N6O3/c1-7-39-26-15-22-10-12-35-24(23(22)16-25(26)38-6)17-28(32-29-19(3)13-18(2)14-20(29)4)36(30(35)37)11-8-9-27-31-21(5)33-34-27/h13-17H,7-12H2,1-6H3,(H,31,33,34). The van der Waals surface area contributed by atoms with Crippen LogP contribution >= 0.6 is 0 Å². The van der Waals surface area contributed by atoms with Crippen molar-refractivity contribution >= 4 is 5.69 Å². The van der Waals surface area contributed by atoms with Crippen LogP contribution in [0.5, 0.6) is 11.5 Å². The molecule has 0 fully saturated rings. The van der Waals surface area contributed by atoms with Gasteiger partial charge in [-0.1, -0.05) is 17.7 Å². The average Bonchev–Trinajstić information content (AvgIpc) is 3.32. The van der Waals surface area contributed by atoms with Crippen molar-refractivity contribution in [3.63, 3.8) is 0 Å². The summed E-state index contributed by atoms with van der Waals surface area (Å²) in [7, 11) is 1.64. The number of ether oxygens (including phenoxy) is 2. The number of benzene rings is 2. The maximum Gasteiger partial charge on any atom is 0.330 e. The van der Waals surface area contributed by atoms with Gasteiger partial charge >= 0.3 is 5.69 Å². The maximum absolute atomic E-state index is 14.0. The first-order valence-corrected chi connectivity index (χ1v) is 13.5. The fraction of sp³-hybridized carbons (Fsp3) is 0.400. The minimum absolute atomic E-state index is 0.0710. The van der Waals surface area contributed by atoms with Gasteiger partial charge in [0.1, 0.15) is 11.3 Å². The van der Waals surface area contributed by atoms with Crippen molar-refractivity contribution in [3.05, 3.63) is 80.2 Å². The molecule has 0 unspecified atom stereocenters. The average molecular weight is 529 g/mol. The maximum atomic E-state index is 14.0. The van der Waals surface area contributed by atoms with Gasteiger partial charge in [-0.2, -0.15) is 5.10 Å². The van der Waals surface area contributed by atoms with Gasteiger partial charge in [-0.3, -0.25) is 14.2 Å². The molecule has 0 saturated heterocycles. The third kappa shape index (κ3) is 5.26. The molecule has 0 atom stereocenters. The molecule has 2 aromatic heterocycles. The summed E-state index contributed by atoms with van der Waals surface area (Å²) in [5.41, 5.74) is 7.74. The van der Waals surface area contributed by atoms with E-state index in [9.17, 15) is 4.79 Å². The number of hydrogen-bond donors (Lipinski definition) is 1. The van der Waals surface area contributed by atoms with Crippen LogP contribution in [0.2, 0.25) is 0 Å². The normalized spacial score (nSPS) is 12.8. The molecule has 9 heteroatoms. The molecular weight excluding hydrogens is 492 g/mol. The number of methoxy groups -OCH3 is 1. The minimum Gasteiger partial charge on any atom is -0.493 e. The molecule has 0 radical (unpaired) electrons. The second kappa shape index (κ2) is 10.9. The van der Waals surface area contributed by atoms with Gasteiger partial charge in [0.15, 0.2) is 17.3 Å². The van der Waals surface area contributed by atoms with Crippen molar-refractivity contribution in [2.24, 2.45) is 4.99 Å². The highest BCUT2D eigenvalue weighted by atomic mass is 16.5. The first-order valence-electron chi connectivity index (χ1n) is 13.5. The van der Waals surface area contributed by atoms with Crippen LogP contribution in [0.25, 0.3) is 11.3 Å². The van der Waals surface area contributed by atoms with Gasteiger partial charge in [-0.25, -0.2) is 14.8 Å². The Hall–Kier alpha value is -4.14. The summed E-state index contributed by atoms with van der Waals surface area (Å²) in [5.74, 6) is 2.91. The molecule has 0 aliphatic carbocycles. The Kier molecular flexibility index (Phi) is 7.41. The van der Waals surface area contributed by atoms with E-state index in [2.05, 4.69) is 48.1 Å². The molecule has 9 nitrogen and oxygen atoms in total. The summed E-state index contributed by atoms with van der Waals surface area (Å²) in [6.07, 6.45) is 2.11.